The molecule has 0 fully saturated rings. The first-order chi connectivity index (χ1) is 32.2. The Kier molecular flexibility index (Phi) is 2.13. The summed E-state index contributed by atoms with van der Waals surface area (Å²) in [5.74, 6) is 0. The van der Waals surface area contributed by atoms with Gasteiger partial charge in [0.05, 0.1) is 35.6 Å². The Hall–Kier alpha value is -5.66. The monoisotopic (exact) mass is 572 g/mol. The highest BCUT2D eigenvalue weighted by Gasteiger charge is 2.20. The minimum absolute atomic E-state index is 0.454. The van der Waals surface area contributed by atoms with Crippen molar-refractivity contribution in [3.05, 3.63) is 157 Å². The Morgan fingerprint density at radius 1 is 0.372 bits per heavy atom. The lowest BCUT2D eigenvalue weighted by molar-refractivity contribution is 0.670. The van der Waals surface area contributed by atoms with E-state index in [0.717, 1.165) is 0 Å². The van der Waals surface area contributed by atoms with Crippen LogP contribution >= 0.6 is 0 Å². The molecule has 0 aliphatic heterocycles. The van der Waals surface area contributed by atoms with Crippen molar-refractivity contribution in [3.63, 3.8) is 0 Å². The van der Waals surface area contributed by atoms with Gasteiger partial charge in [-0.1, -0.05) is 139 Å². The van der Waals surface area contributed by atoms with Crippen molar-refractivity contribution in [2.75, 3.05) is 0 Å². The third-order valence-corrected chi connectivity index (χ3v) is 6.94. The van der Waals surface area contributed by atoms with E-state index in [1.165, 1.54) is 0 Å². The summed E-state index contributed by atoms with van der Waals surface area (Å²) in [6, 6.07) is -23.9. The summed E-state index contributed by atoms with van der Waals surface area (Å²) in [4.78, 5) is 0. The Morgan fingerprint density at radius 2 is 1.00 bits per heavy atom. The number of para-hydroxylation sites is 2. The van der Waals surface area contributed by atoms with E-state index < -0.39 is 245 Å². The molecule has 0 aliphatic carbocycles. The van der Waals surface area contributed by atoms with Gasteiger partial charge < -0.3 is 4.42 Å². The zero-order valence-electron chi connectivity index (χ0n) is 47.4. The molecular weight excluding hydrogens is 520 g/mol. The van der Waals surface area contributed by atoms with E-state index in [1.807, 2.05) is 0 Å². The molecule has 1 nitrogen and oxygen atoms in total. The van der Waals surface area contributed by atoms with Crippen molar-refractivity contribution in [2.24, 2.45) is 0 Å². The maximum atomic E-state index is 10.1. The summed E-state index contributed by atoms with van der Waals surface area (Å²) in [6.45, 7) is 0. The summed E-state index contributed by atoms with van der Waals surface area (Å²) in [7, 11) is 0. The normalized spacial score (nSPS) is 20.2. The summed E-state index contributed by atoms with van der Waals surface area (Å²) in [5, 5.41) is -5.15. The van der Waals surface area contributed by atoms with Gasteiger partial charge in [-0.3, -0.25) is 0 Å². The molecule has 1 heteroatoms. The maximum absolute atomic E-state index is 10.1. The Morgan fingerprint density at radius 3 is 1.86 bits per heavy atom. The van der Waals surface area contributed by atoms with Crippen LogP contribution in [0.25, 0.3) is 87.6 Å². The average molecular weight is 573 g/mol. The van der Waals surface area contributed by atoms with Crippen molar-refractivity contribution < 1.29 is 40.1 Å². The van der Waals surface area contributed by atoms with Gasteiger partial charge in [-0.2, -0.15) is 0 Å². The van der Waals surface area contributed by atoms with Gasteiger partial charge in [0, 0.05) is 21.9 Å². The number of hydrogen-bond acceptors (Lipinski definition) is 1. The van der Waals surface area contributed by atoms with Gasteiger partial charge in [-0.25, -0.2) is 0 Å². The molecule has 9 aromatic rings. The van der Waals surface area contributed by atoms with Gasteiger partial charge in [0.15, 0.2) is 0 Å². The Labute approximate surface area is 285 Å². The van der Waals surface area contributed by atoms with Crippen molar-refractivity contribution in [3.8, 4) is 33.4 Å². The molecule has 200 valence electrons. The summed E-state index contributed by atoms with van der Waals surface area (Å²) in [6.07, 6.45) is 0. The van der Waals surface area contributed by atoms with E-state index in [-0.39, 0.29) is 0 Å². The summed E-state index contributed by atoms with van der Waals surface area (Å²) >= 11 is 0. The molecule has 0 atom stereocenters. The van der Waals surface area contributed by atoms with E-state index in [4.69, 9.17) is 30.5 Å². The van der Waals surface area contributed by atoms with Gasteiger partial charge in [0.1, 0.15) is 11.2 Å². The lowest BCUT2D eigenvalue weighted by Crippen LogP contribution is -1.92. The maximum Gasteiger partial charge on any atom is 0.143 e. The number of hydrogen-bond donors (Lipinski definition) is 0. The zero-order valence-corrected chi connectivity index (χ0v) is 21.4. The predicted octanol–water partition coefficient (Wildman–Crippen LogP) is 12.0. The van der Waals surface area contributed by atoms with Gasteiger partial charge in [-0.15, -0.1) is 0 Å². The fourth-order valence-electron chi connectivity index (χ4n) is 5.13. The summed E-state index contributed by atoms with van der Waals surface area (Å²) in [5.41, 5.74) is -5.93. The number of rotatable bonds is 3. The van der Waals surface area contributed by atoms with Crippen molar-refractivity contribution in [1.82, 2.24) is 0 Å². The van der Waals surface area contributed by atoms with E-state index in [1.54, 1.807) is 0 Å². The van der Waals surface area contributed by atoms with Gasteiger partial charge in [0.25, 0.3) is 0 Å². The van der Waals surface area contributed by atoms with E-state index in [0.29, 0.717) is 0 Å². The third-order valence-electron chi connectivity index (χ3n) is 6.94. The predicted molar refractivity (Wildman–Crippen MR) is 183 cm³/mol. The van der Waals surface area contributed by atoms with E-state index >= 15 is 0 Å². The van der Waals surface area contributed by atoms with Gasteiger partial charge in [-0.05, 0) is 72.7 Å². The van der Waals surface area contributed by atoms with Crippen molar-refractivity contribution in [2.45, 2.75) is 0 Å². The molecule has 0 spiro atoms. The lowest BCUT2D eigenvalue weighted by Gasteiger charge is -2.19. The van der Waals surface area contributed by atoms with E-state index in [2.05, 4.69) is 0 Å². The number of furan rings is 1. The molecule has 8 aromatic carbocycles. The second-order valence-corrected chi connectivity index (χ2v) is 9.26. The third kappa shape index (κ3) is 3.72. The van der Waals surface area contributed by atoms with Gasteiger partial charge >= 0.3 is 0 Å². The minimum Gasteiger partial charge on any atom is -0.455 e. The first-order valence-electron chi connectivity index (χ1n) is 25.7. The smallest absolute Gasteiger partial charge is 0.143 e. The van der Waals surface area contributed by atoms with Crippen LogP contribution in [0.4, 0.5) is 0 Å². The highest BCUT2D eigenvalue weighted by atomic mass is 16.3. The molecule has 0 aliphatic rings. The second-order valence-electron chi connectivity index (χ2n) is 9.26. The number of benzene rings is 8. The first kappa shape index (κ1) is 9.69. The molecule has 0 saturated carbocycles. The van der Waals surface area contributed by atoms with Crippen LogP contribution in [0, 0.1) is 0 Å². The largest absolute Gasteiger partial charge is 0.455 e. The highest BCUT2D eigenvalue weighted by molar-refractivity contribution is 6.24. The molecule has 0 amide bonds. The quantitative estimate of drug-likeness (QED) is 0.192. The van der Waals surface area contributed by atoms with Crippen LogP contribution in [-0.2, 0) is 0 Å². The van der Waals surface area contributed by atoms with Crippen LogP contribution in [-0.4, -0.2) is 0 Å². The Bertz CT molecular complexity index is 3940. The molecule has 9 rings (SSSR count). The van der Waals surface area contributed by atoms with Crippen LogP contribution < -0.4 is 0 Å². The molecule has 0 unspecified atom stereocenters. The fraction of sp³-hybridized carbons (Fsp3) is 0. The van der Waals surface area contributed by atoms with Crippen LogP contribution in [0.3, 0.4) is 0 Å². The zero-order chi connectivity index (χ0) is 51.0. The van der Waals surface area contributed by atoms with Crippen LogP contribution in [0.15, 0.2) is 162 Å². The average Bonchev–Trinajstić information content (AvgIpc) is 3.72. The molecule has 0 bridgehead atoms. The van der Waals surface area contributed by atoms with Crippen LogP contribution in [0.2, 0.25) is 0 Å². The first-order valence-corrected chi connectivity index (χ1v) is 12.7. The minimum atomic E-state index is -1.07. The molecule has 43 heavy (non-hydrogen) atoms. The molecule has 0 N–H and O–H groups in total. The lowest BCUT2D eigenvalue weighted by atomic mass is 9.84. The molecule has 1 aromatic heterocycles. The number of fused-ring (bicyclic) bond motifs is 6. The molecular formula is C42H26O. The standard InChI is InChI=1S/C42H26O/c1-2-12-28(13-3-1)40-33-16-6-7-17-34(33)41(37-19-10-18-36-32-15-8-9-20-39(32)43-42(36)37)38-26-31(23-24-35(38)40)30-22-21-27-11-4-5-14-29(27)25-30/h1-26H/i1D,2D,3D,4D,5D,6D,7D,8D,9D,10D,11D,12D,13D,14D,15D,16D,17D,18D,19D,20D,21D,22D,23D,24D,25D,26D. The van der Waals surface area contributed by atoms with Crippen LogP contribution in [0.1, 0.15) is 35.6 Å². The molecule has 0 saturated heterocycles. The SMILES string of the molecule is [2H]c1c([2H])c([2H])c(-c2c3c([2H])c([2H])c([2H])c([2H])c3c(-c3c([2H])c([2H])c([2H])c4c3oc3c([2H])c([2H])c([2H])c([2H])c34)c3c([2H])c(-c4c([2H])c([2H])c5c([2H])c([2H])c([2H])c([2H])c5c4[2H])c([2H])c([2H])c23)c([2H])c1[2H]. The van der Waals surface area contributed by atoms with Crippen LogP contribution in [0.5, 0.6) is 0 Å². The molecule has 1 heterocycles. The van der Waals surface area contributed by atoms with Gasteiger partial charge in [0.2, 0.25) is 0 Å². The van der Waals surface area contributed by atoms with Crippen molar-refractivity contribution >= 4 is 54.3 Å². The van der Waals surface area contributed by atoms with E-state index in [9.17, 15) is 9.60 Å². The second kappa shape index (κ2) is 9.44. The highest BCUT2D eigenvalue weighted by Crippen LogP contribution is 2.47. The topological polar surface area (TPSA) is 13.1 Å². The van der Waals surface area contributed by atoms with Crippen molar-refractivity contribution in [1.29, 1.82) is 0 Å². The Balaban J connectivity index is 1.70. The molecule has 0 radical (unpaired) electrons. The summed E-state index contributed by atoms with van der Waals surface area (Å²) < 4.78 is 238. The fourth-order valence-corrected chi connectivity index (χ4v) is 5.13.